The zero-order valence-electron chi connectivity index (χ0n) is 15.4. The van der Waals surface area contributed by atoms with Gasteiger partial charge in [0.2, 0.25) is 10.0 Å². The first-order chi connectivity index (χ1) is 10.8. The molecule has 0 radical (unpaired) electrons. The largest absolute Gasteiger partial charge is 0.371 e. The van der Waals surface area contributed by atoms with Crippen molar-refractivity contribution in [3.05, 3.63) is 24.3 Å². The molecule has 0 spiro atoms. The fourth-order valence-electron chi connectivity index (χ4n) is 2.90. The zero-order valence-corrected chi connectivity index (χ0v) is 16.2. The van der Waals surface area contributed by atoms with Crippen molar-refractivity contribution in [1.29, 1.82) is 0 Å². The molecule has 0 saturated carbocycles. The Kier molecular flexibility index (Phi) is 7.39. The average molecular weight is 341 g/mol. The number of hydrogen-bond donors (Lipinski definition) is 0. The number of piperidine rings is 1. The van der Waals surface area contributed by atoms with Gasteiger partial charge in [-0.15, -0.1) is 0 Å². The molecule has 1 aromatic carbocycles. The molecule has 2 rings (SSSR count). The molecule has 1 fully saturated rings. The summed E-state index contributed by atoms with van der Waals surface area (Å²) in [6, 6.07) is 7.80. The van der Waals surface area contributed by atoms with Crippen LogP contribution in [0.15, 0.2) is 24.3 Å². The molecule has 23 heavy (non-hydrogen) atoms. The Hall–Kier alpha value is -1.23. The molecule has 0 unspecified atom stereocenters. The van der Waals surface area contributed by atoms with Crippen LogP contribution < -0.4 is 9.21 Å². The van der Waals surface area contributed by atoms with Crippen LogP contribution in [0.4, 0.5) is 11.4 Å². The number of benzene rings is 1. The quantitative estimate of drug-likeness (QED) is 0.832. The van der Waals surface area contributed by atoms with E-state index in [1.807, 2.05) is 32.0 Å². The molecule has 5 heteroatoms. The summed E-state index contributed by atoms with van der Waals surface area (Å²) < 4.78 is 24.6. The van der Waals surface area contributed by atoms with E-state index in [2.05, 4.69) is 24.8 Å². The minimum atomic E-state index is -3.21. The molecule has 0 N–H and O–H groups in total. The maximum atomic E-state index is 11.6. The van der Waals surface area contributed by atoms with Crippen molar-refractivity contribution in [2.45, 2.75) is 40.5 Å². The summed E-state index contributed by atoms with van der Waals surface area (Å²) in [7, 11) is -1.61. The third-order valence-corrected chi connectivity index (χ3v) is 5.74. The van der Waals surface area contributed by atoms with E-state index in [1.165, 1.54) is 23.4 Å². The fourth-order valence-corrected chi connectivity index (χ4v) is 3.40. The van der Waals surface area contributed by atoms with Crippen molar-refractivity contribution in [2.24, 2.45) is 11.8 Å². The van der Waals surface area contributed by atoms with Gasteiger partial charge in [-0.25, -0.2) is 8.42 Å². The van der Waals surface area contributed by atoms with Gasteiger partial charge in [0.1, 0.15) is 0 Å². The lowest BCUT2D eigenvalue weighted by molar-refractivity contribution is 0.311. The second-order valence-electron chi connectivity index (χ2n) is 6.32. The average Bonchev–Trinajstić information content (AvgIpc) is 2.55. The van der Waals surface area contributed by atoms with E-state index >= 15 is 0 Å². The topological polar surface area (TPSA) is 40.6 Å². The number of nitrogens with zero attached hydrogens (tertiary/aromatic N) is 2. The molecule has 1 heterocycles. The lowest BCUT2D eigenvalue weighted by atomic mass is 9.86. The maximum Gasteiger partial charge on any atom is 0.231 e. The first kappa shape index (κ1) is 19.8. The Balaban J connectivity index is 0.00000127. The van der Waals surface area contributed by atoms with Crippen molar-refractivity contribution in [3.63, 3.8) is 0 Å². The highest BCUT2D eigenvalue weighted by Gasteiger charge is 2.22. The molecule has 132 valence electrons. The van der Waals surface area contributed by atoms with Crippen molar-refractivity contribution in [3.8, 4) is 0 Å². The smallest absolute Gasteiger partial charge is 0.231 e. The number of anilines is 2. The van der Waals surface area contributed by atoms with Gasteiger partial charge in [-0.2, -0.15) is 0 Å². The van der Waals surface area contributed by atoms with E-state index in [-0.39, 0.29) is 0 Å². The summed E-state index contributed by atoms with van der Waals surface area (Å²) in [4.78, 5) is 2.36. The lowest BCUT2D eigenvalue weighted by Gasteiger charge is -2.35. The summed E-state index contributed by atoms with van der Waals surface area (Å²) in [5, 5.41) is 0. The van der Waals surface area contributed by atoms with Gasteiger partial charge in [-0.05, 0) is 42.9 Å². The minimum Gasteiger partial charge on any atom is -0.371 e. The van der Waals surface area contributed by atoms with Gasteiger partial charge in [0.15, 0.2) is 0 Å². The molecule has 1 saturated heterocycles. The molecule has 0 bridgehead atoms. The van der Waals surface area contributed by atoms with E-state index in [0.717, 1.165) is 36.3 Å². The predicted octanol–water partition coefficient (Wildman–Crippen LogP) is 3.98. The van der Waals surface area contributed by atoms with Crippen LogP contribution >= 0.6 is 0 Å². The molecular formula is C18H32N2O2S. The Morgan fingerprint density at radius 1 is 1.17 bits per heavy atom. The SMILES string of the molecule is CC.CC(C)C1CCN(c2cccc(N(C)S(C)(=O)=O)c2)CC1. The lowest BCUT2D eigenvalue weighted by Crippen LogP contribution is -2.35. The monoisotopic (exact) mass is 340 g/mol. The Labute approximate surface area is 142 Å². The predicted molar refractivity (Wildman–Crippen MR) is 101 cm³/mol. The van der Waals surface area contributed by atoms with Crippen LogP contribution in [0.1, 0.15) is 40.5 Å². The van der Waals surface area contributed by atoms with Crippen LogP contribution in [0.25, 0.3) is 0 Å². The third kappa shape index (κ3) is 5.41. The van der Waals surface area contributed by atoms with Crippen molar-refractivity contribution in [2.75, 3.05) is 35.6 Å². The number of hydrogen-bond acceptors (Lipinski definition) is 3. The summed E-state index contributed by atoms with van der Waals surface area (Å²) in [5.41, 5.74) is 1.84. The van der Waals surface area contributed by atoms with Gasteiger partial charge >= 0.3 is 0 Å². The summed E-state index contributed by atoms with van der Waals surface area (Å²) in [5.74, 6) is 1.55. The Morgan fingerprint density at radius 3 is 2.22 bits per heavy atom. The third-order valence-electron chi connectivity index (χ3n) is 4.54. The van der Waals surface area contributed by atoms with Crippen LogP contribution in [0.5, 0.6) is 0 Å². The highest BCUT2D eigenvalue weighted by molar-refractivity contribution is 7.92. The van der Waals surface area contributed by atoms with Crippen LogP contribution in [0, 0.1) is 11.8 Å². The van der Waals surface area contributed by atoms with Gasteiger partial charge < -0.3 is 4.90 Å². The highest BCUT2D eigenvalue weighted by Crippen LogP contribution is 2.29. The van der Waals surface area contributed by atoms with E-state index in [9.17, 15) is 8.42 Å². The molecule has 1 aliphatic rings. The van der Waals surface area contributed by atoms with Gasteiger partial charge in [-0.3, -0.25) is 4.31 Å². The van der Waals surface area contributed by atoms with Crippen molar-refractivity contribution in [1.82, 2.24) is 0 Å². The van der Waals surface area contributed by atoms with E-state index < -0.39 is 10.0 Å². The highest BCUT2D eigenvalue weighted by atomic mass is 32.2. The van der Waals surface area contributed by atoms with E-state index in [0.29, 0.717) is 0 Å². The molecule has 0 atom stereocenters. The van der Waals surface area contributed by atoms with Crippen molar-refractivity contribution >= 4 is 21.4 Å². The summed E-state index contributed by atoms with van der Waals surface area (Å²) >= 11 is 0. The van der Waals surface area contributed by atoms with Crippen LogP contribution in [0.2, 0.25) is 0 Å². The van der Waals surface area contributed by atoms with Gasteiger partial charge in [0.05, 0.1) is 11.9 Å². The van der Waals surface area contributed by atoms with E-state index in [4.69, 9.17) is 0 Å². The second kappa shape index (κ2) is 8.57. The van der Waals surface area contributed by atoms with Crippen LogP contribution in [-0.4, -0.2) is 34.8 Å². The summed E-state index contributed by atoms with van der Waals surface area (Å²) in [6.45, 7) is 10.7. The molecule has 1 aliphatic heterocycles. The molecule has 4 nitrogen and oxygen atoms in total. The molecular weight excluding hydrogens is 308 g/mol. The standard InChI is InChI=1S/C16H26N2O2S.C2H6/c1-13(2)14-8-10-18(11-9-14)16-7-5-6-15(12-16)17(3)21(4,19)20;1-2/h5-7,12-14H,8-11H2,1-4H3;1-2H3. The number of sulfonamides is 1. The summed E-state index contributed by atoms with van der Waals surface area (Å²) in [6.07, 6.45) is 3.65. The minimum absolute atomic E-state index is 0.723. The van der Waals surface area contributed by atoms with Crippen molar-refractivity contribution < 1.29 is 8.42 Å². The fraction of sp³-hybridized carbons (Fsp3) is 0.667. The maximum absolute atomic E-state index is 11.6. The van der Waals surface area contributed by atoms with Crippen LogP contribution in [0.3, 0.4) is 0 Å². The van der Waals surface area contributed by atoms with Gasteiger partial charge in [0.25, 0.3) is 0 Å². The van der Waals surface area contributed by atoms with Crippen LogP contribution in [-0.2, 0) is 10.0 Å². The normalized spacial score (nSPS) is 16.0. The first-order valence-electron chi connectivity index (χ1n) is 8.58. The molecule has 1 aromatic rings. The zero-order chi connectivity index (χ0) is 17.6. The Bertz CT molecular complexity index is 576. The molecule has 0 aliphatic carbocycles. The van der Waals surface area contributed by atoms with E-state index in [1.54, 1.807) is 7.05 Å². The first-order valence-corrected chi connectivity index (χ1v) is 10.4. The number of rotatable bonds is 4. The second-order valence-corrected chi connectivity index (χ2v) is 8.33. The Morgan fingerprint density at radius 2 is 1.74 bits per heavy atom. The molecule has 0 amide bonds. The van der Waals surface area contributed by atoms with Gasteiger partial charge in [0, 0.05) is 25.8 Å². The van der Waals surface area contributed by atoms with Gasteiger partial charge in [-0.1, -0.05) is 33.8 Å². The molecule has 0 aromatic heterocycles.